The number of amidine groups is 1. The number of imidazole rings is 1. The fourth-order valence-corrected chi connectivity index (χ4v) is 2.41. The Balaban J connectivity index is 2.11. The van der Waals surface area contributed by atoms with E-state index in [9.17, 15) is 0 Å². The maximum atomic E-state index is 8.98. The van der Waals surface area contributed by atoms with Gasteiger partial charge in [0.15, 0.2) is 5.84 Å². The molecule has 1 heterocycles. The van der Waals surface area contributed by atoms with Crippen LogP contribution in [0.5, 0.6) is 5.75 Å². The van der Waals surface area contributed by atoms with Crippen LogP contribution < -0.4 is 10.5 Å². The van der Waals surface area contributed by atoms with Crippen LogP contribution in [0.15, 0.2) is 66.1 Å². The second kappa shape index (κ2) is 6.23. The van der Waals surface area contributed by atoms with E-state index < -0.39 is 0 Å². The smallest absolute Gasteiger partial charge is 0.172 e. The van der Waals surface area contributed by atoms with Gasteiger partial charge < -0.3 is 15.7 Å². The standard InChI is InChI=1S/C17H16N4O2/c1-23-13-8-6-12(7-9-13)17-19-10-11-21(17)15-5-3-2-4-14(15)16(18)20-22/h2-11,22H,1H3,(H2,18,20). The SMILES string of the molecule is COc1ccc(-c2nccn2-c2ccccc2C(N)=NO)cc1. The van der Waals surface area contributed by atoms with Crippen molar-refractivity contribution in [2.75, 3.05) is 7.11 Å². The number of methoxy groups -OCH3 is 1. The summed E-state index contributed by atoms with van der Waals surface area (Å²) in [6.07, 6.45) is 3.55. The molecule has 6 nitrogen and oxygen atoms in total. The highest BCUT2D eigenvalue weighted by Gasteiger charge is 2.13. The van der Waals surface area contributed by atoms with Gasteiger partial charge in [-0.1, -0.05) is 17.3 Å². The molecule has 0 unspecified atom stereocenters. The zero-order valence-corrected chi connectivity index (χ0v) is 12.5. The predicted molar refractivity (Wildman–Crippen MR) is 88.1 cm³/mol. The maximum absolute atomic E-state index is 8.98. The van der Waals surface area contributed by atoms with E-state index in [1.165, 1.54) is 0 Å². The summed E-state index contributed by atoms with van der Waals surface area (Å²) in [6.45, 7) is 0. The Hall–Kier alpha value is -3.28. The van der Waals surface area contributed by atoms with E-state index in [0.717, 1.165) is 22.8 Å². The molecule has 0 fully saturated rings. The summed E-state index contributed by atoms with van der Waals surface area (Å²) in [4.78, 5) is 4.42. The van der Waals surface area contributed by atoms with Crippen LogP contribution >= 0.6 is 0 Å². The van der Waals surface area contributed by atoms with Crippen LogP contribution in [0.25, 0.3) is 17.1 Å². The molecule has 0 spiro atoms. The lowest BCUT2D eigenvalue weighted by atomic mass is 10.1. The number of nitrogens with two attached hydrogens (primary N) is 1. The lowest BCUT2D eigenvalue weighted by Gasteiger charge is -2.12. The lowest BCUT2D eigenvalue weighted by molar-refractivity contribution is 0.318. The first kappa shape index (κ1) is 14.6. The fourth-order valence-electron chi connectivity index (χ4n) is 2.41. The predicted octanol–water partition coefficient (Wildman–Crippen LogP) is 2.64. The monoisotopic (exact) mass is 308 g/mol. The van der Waals surface area contributed by atoms with Crippen molar-refractivity contribution in [3.05, 3.63) is 66.5 Å². The molecule has 0 saturated heterocycles. The van der Waals surface area contributed by atoms with Crippen molar-refractivity contribution >= 4 is 5.84 Å². The molecular formula is C17H16N4O2. The zero-order chi connectivity index (χ0) is 16.2. The molecule has 116 valence electrons. The van der Waals surface area contributed by atoms with Crippen molar-refractivity contribution in [1.29, 1.82) is 0 Å². The van der Waals surface area contributed by atoms with Crippen LogP contribution in [0.4, 0.5) is 0 Å². The number of ether oxygens (including phenoxy) is 1. The van der Waals surface area contributed by atoms with Crippen LogP contribution in [-0.2, 0) is 0 Å². The van der Waals surface area contributed by atoms with Gasteiger partial charge in [0.05, 0.1) is 12.8 Å². The summed E-state index contributed by atoms with van der Waals surface area (Å²) in [6, 6.07) is 15.0. The number of rotatable bonds is 4. The first-order valence-corrected chi connectivity index (χ1v) is 6.99. The van der Waals surface area contributed by atoms with Crippen molar-refractivity contribution in [3.8, 4) is 22.8 Å². The first-order chi connectivity index (χ1) is 11.2. The lowest BCUT2D eigenvalue weighted by Crippen LogP contribution is -2.16. The minimum Gasteiger partial charge on any atom is -0.497 e. The number of hydrogen-bond acceptors (Lipinski definition) is 4. The molecule has 0 bridgehead atoms. The molecule has 0 saturated carbocycles. The minimum absolute atomic E-state index is 0.0509. The van der Waals surface area contributed by atoms with E-state index in [4.69, 9.17) is 15.7 Å². The molecular weight excluding hydrogens is 292 g/mol. The molecule has 3 aromatic rings. The molecule has 0 aliphatic rings. The maximum Gasteiger partial charge on any atom is 0.172 e. The van der Waals surface area contributed by atoms with Gasteiger partial charge in [0.1, 0.15) is 11.6 Å². The summed E-state index contributed by atoms with van der Waals surface area (Å²) in [7, 11) is 1.63. The zero-order valence-electron chi connectivity index (χ0n) is 12.5. The van der Waals surface area contributed by atoms with Crippen molar-refractivity contribution in [3.63, 3.8) is 0 Å². The molecule has 0 atom stereocenters. The number of nitrogens with zero attached hydrogens (tertiary/aromatic N) is 3. The average Bonchev–Trinajstić information content (AvgIpc) is 3.10. The number of hydrogen-bond donors (Lipinski definition) is 2. The number of aromatic nitrogens is 2. The summed E-state index contributed by atoms with van der Waals surface area (Å²) in [5.41, 5.74) is 8.12. The van der Waals surface area contributed by atoms with Crippen LogP contribution in [0.1, 0.15) is 5.56 Å². The Morgan fingerprint density at radius 2 is 1.91 bits per heavy atom. The third kappa shape index (κ3) is 2.74. The molecule has 0 aliphatic carbocycles. The molecule has 6 heteroatoms. The van der Waals surface area contributed by atoms with Gasteiger partial charge in [-0.2, -0.15) is 0 Å². The van der Waals surface area contributed by atoms with Crippen molar-refractivity contribution in [2.45, 2.75) is 0 Å². The van der Waals surface area contributed by atoms with E-state index >= 15 is 0 Å². The van der Waals surface area contributed by atoms with Gasteiger partial charge in [-0.25, -0.2) is 4.98 Å². The number of benzene rings is 2. The molecule has 3 rings (SSSR count). The van der Waals surface area contributed by atoms with Crippen LogP contribution in [0, 0.1) is 0 Å². The normalized spacial score (nSPS) is 11.4. The number of oxime groups is 1. The highest BCUT2D eigenvalue weighted by atomic mass is 16.5. The molecule has 3 N–H and O–H groups in total. The van der Waals surface area contributed by atoms with E-state index in [1.807, 2.05) is 53.2 Å². The second-order valence-electron chi connectivity index (χ2n) is 4.85. The summed E-state index contributed by atoms with van der Waals surface area (Å²) in [5, 5.41) is 12.1. The van der Waals surface area contributed by atoms with Crippen molar-refractivity contribution in [2.24, 2.45) is 10.9 Å². The van der Waals surface area contributed by atoms with Gasteiger partial charge >= 0.3 is 0 Å². The van der Waals surface area contributed by atoms with E-state index in [1.54, 1.807) is 19.4 Å². The summed E-state index contributed by atoms with van der Waals surface area (Å²) >= 11 is 0. The van der Waals surface area contributed by atoms with E-state index in [0.29, 0.717) is 5.56 Å². The molecule has 23 heavy (non-hydrogen) atoms. The minimum atomic E-state index is 0.0509. The molecule has 1 aromatic heterocycles. The van der Waals surface area contributed by atoms with Gasteiger partial charge in [-0.3, -0.25) is 4.57 Å². The van der Waals surface area contributed by atoms with E-state index in [2.05, 4.69) is 10.1 Å². The Labute approximate surface area is 133 Å². The highest BCUT2D eigenvalue weighted by molar-refractivity contribution is 6.00. The van der Waals surface area contributed by atoms with Gasteiger partial charge in [-0.15, -0.1) is 0 Å². The van der Waals surface area contributed by atoms with Crippen LogP contribution in [0.3, 0.4) is 0 Å². The quantitative estimate of drug-likeness (QED) is 0.336. The average molecular weight is 308 g/mol. The van der Waals surface area contributed by atoms with Gasteiger partial charge in [0.2, 0.25) is 0 Å². The topological polar surface area (TPSA) is 85.7 Å². The molecule has 0 radical (unpaired) electrons. The largest absolute Gasteiger partial charge is 0.497 e. The molecule has 2 aromatic carbocycles. The Kier molecular flexibility index (Phi) is 3.97. The van der Waals surface area contributed by atoms with Gasteiger partial charge in [-0.05, 0) is 36.4 Å². The third-order valence-electron chi connectivity index (χ3n) is 3.54. The third-order valence-corrected chi connectivity index (χ3v) is 3.54. The van der Waals surface area contributed by atoms with Crippen molar-refractivity contribution in [1.82, 2.24) is 9.55 Å². The highest BCUT2D eigenvalue weighted by Crippen LogP contribution is 2.25. The van der Waals surface area contributed by atoms with Gasteiger partial charge in [0.25, 0.3) is 0 Å². The molecule has 0 aliphatic heterocycles. The van der Waals surface area contributed by atoms with Crippen LogP contribution in [-0.4, -0.2) is 27.7 Å². The number of para-hydroxylation sites is 1. The molecule has 0 amide bonds. The first-order valence-electron chi connectivity index (χ1n) is 6.99. The Morgan fingerprint density at radius 3 is 2.61 bits per heavy atom. The van der Waals surface area contributed by atoms with Crippen LogP contribution in [0.2, 0.25) is 0 Å². The summed E-state index contributed by atoms with van der Waals surface area (Å²) < 4.78 is 7.08. The summed E-state index contributed by atoms with van der Waals surface area (Å²) in [5.74, 6) is 1.59. The fraction of sp³-hybridized carbons (Fsp3) is 0.0588. The second-order valence-corrected chi connectivity index (χ2v) is 4.85. The Bertz CT molecular complexity index is 838. The van der Waals surface area contributed by atoms with Crippen molar-refractivity contribution < 1.29 is 9.94 Å². The Morgan fingerprint density at radius 1 is 1.17 bits per heavy atom. The van der Waals surface area contributed by atoms with E-state index in [-0.39, 0.29) is 5.84 Å². The van der Waals surface area contributed by atoms with Gasteiger partial charge in [0, 0.05) is 23.5 Å².